The van der Waals surface area contributed by atoms with Crippen LogP contribution in [0.3, 0.4) is 0 Å². The van der Waals surface area contributed by atoms with Gasteiger partial charge in [-0.2, -0.15) is 0 Å². The molecule has 2 saturated heterocycles. The molecule has 2 fully saturated rings. The molecule has 0 unspecified atom stereocenters. The summed E-state index contributed by atoms with van der Waals surface area (Å²) in [6.45, 7) is 7.75. The zero-order valence-corrected chi connectivity index (χ0v) is 15.7. The third-order valence-electron chi connectivity index (χ3n) is 4.71. The van der Waals surface area contributed by atoms with Crippen molar-refractivity contribution < 1.29 is 9.53 Å². The second-order valence-corrected chi connectivity index (χ2v) is 7.80. The van der Waals surface area contributed by atoms with Crippen molar-refractivity contribution in [1.29, 1.82) is 0 Å². The molecule has 0 bridgehead atoms. The number of benzene rings is 1. The van der Waals surface area contributed by atoms with Gasteiger partial charge in [0, 0.05) is 47.8 Å². The summed E-state index contributed by atoms with van der Waals surface area (Å²) in [7, 11) is 0. The molecule has 0 radical (unpaired) electrons. The van der Waals surface area contributed by atoms with E-state index in [4.69, 9.17) is 27.9 Å². The van der Waals surface area contributed by atoms with E-state index in [-0.39, 0.29) is 24.2 Å². The molecule has 4 nitrogen and oxygen atoms in total. The van der Waals surface area contributed by atoms with Crippen molar-refractivity contribution in [2.45, 2.75) is 44.9 Å². The molecule has 0 aromatic heterocycles. The van der Waals surface area contributed by atoms with Crippen LogP contribution in [0.4, 0.5) is 0 Å². The molecule has 0 N–H and O–H groups in total. The molecule has 0 saturated carbocycles. The summed E-state index contributed by atoms with van der Waals surface area (Å²) >= 11 is 12.1. The van der Waals surface area contributed by atoms with Gasteiger partial charge < -0.3 is 9.64 Å². The normalized spacial score (nSPS) is 28.3. The Morgan fingerprint density at radius 3 is 2.42 bits per heavy atom. The van der Waals surface area contributed by atoms with E-state index in [2.05, 4.69) is 18.7 Å². The first-order chi connectivity index (χ1) is 11.4. The van der Waals surface area contributed by atoms with Gasteiger partial charge in [-0.1, -0.05) is 23.2 Å². The van der Waals surface area contributed by atoms with E-state index in [0.717, 1.165) is 39.0 Å². The first-order valence-corrected chi connectivity index (χ1v) is 9.33. The SMILES string of the molecule is C[C@@H]1CN(C[C@@H]2CCCN2C(=O)c2cc(Cl)cc(Cl)c2)C[C@@H](C)O1. The number of morpholine rings is 1. The first-order valence-electron chi connectivity index (χ1n) is 8.57. The second kappa shape index (κ2) is 7.61. The molecule has 2 aliphatic heterocycles. The van der Waals surface area contributed by atoms with Crippen molar-refractivity contribution >= 4 is 29.1 Å². The zero-order valence-electron chi connectivity index (χ0n) is 14.2. The van der Waals surface area contributed by atoms with Crippen LogP contribution in [0.1, 0.15) is 37.0 Å². The van der Waals surface area contributed by atoms with Crippen molar-refractivity contribution in [3.63, 3.8) is 0 Å². The highest BCUT2D eigenvalue weighted by molar-refractivity contribution is 6.35. The molecule has 3 rings (SSSR count). The van der Waals surface area contributed by atoms with Crippen LogP contribution in [0.2, 0.25) is 10.0 Å². The van der Waals surface area contributed by atoms with Crippen LogP contribution in [0.5, 0.6) is 0 Å². The van der Waals surface area contributed by atoms with Crippen molar-refractivity contribution in [1.82, 2.24) is 9.80 Å². The maximum Gasteiger partial charge on any atom is 0.254 e. The minimum Gasteiger partial charge on any atom is -0.373 e. The number of nitrogens with zero attached hydrogens (tertiary/aromatic N) is 2. The highest BCUT2D eigenvalue weighted by Crippen LogP contribution is 2.25. The molecule has 2 aliphatic rings. The van der Waals surface area contributed by atoms with Gasteiger partial charge in [0.2, 0.25) is 0 Å². The fourth-order valence-electron chi connectivity index (χ4n) is 3.87. The predicted octanol–water partition coefficient (Wildman–Crippen LogP) is 3.71. The maximum absolute atomic E-state index is 12.9. The number of carbonyl (C=O) groups excluding carboxylic acids is 1. The van der Waals surface area contributed by atoms with E-state index in [1.54, 1.807) is 18.2 Å². The largest absolute Gasteiger partial charge is 0.373 e. The minimum atomic E-state index is 0.0243. The van der Waals surface area contributed by atoms with Crippen LogP contribution >= 0.6 is 23.2 Å². The number of halogens is 2. The molecule has 24 heavy (non-hydrogen) atoms. The number of hydrogen-bond acceptors (Lipinski definition) is 3. The fraction of sp³-hybridized carbons (Fsp3) is 0.611. The third kappa shape index (κ3) is 4.23. The number of rotatable bonds is 3. The predicted molar refractivity (Wildman–Crippen MR) is 97.0 cm³/mol. The number of hydrogen-bond donors (Lipinski definition) is 0. The number of carbonyl (C=O) groups is 1. The van der Waals surface area contributed by atoms with Gasteiger partial charge in [0.25, 0.3) is 5.91 Å². The van der Waals surface area contributed by atoms with Crippen molar-refractivity contribution in [2.75, 3.05) is 26.2 Å². The molecular formula is C18H24Cl2N2O2. The van der Waals surface area contributed by atoms with Crippen LogP contribution < -0.4 is 0 Å². The number of amides is 1. The Bertz CT molecular complexity index is 580. The van der Waals surface area contributed by atoms with E-state index >= 15 is 0 Å². The van der Waals surface area contributed by atoms with Crippen molar-refractivity contribution in [3.8, 4) is 0 Å². The highest BCUT2D eigenvalue weighted by atomic mass is 35.5. The lowest BCUT2D eigenvalue weighted by Gasteiger charge is -2.38. The Labute approximate surface area is 153 Å². The topological polar surface area (TPSA) is 32.8 Å². The molecular weight excluding hydrogens is 347 g/mol. The van der Waals surface area contributed by atoms with E-state index in [9.17, 15) is 4.79 Å². The molecule has 0 aliphatic carbocycles. The van der Waals surface area contributed by atoms with E-state index in [1.165, 1.54) is 0 Å². The van der Waals surface area contributed by atoms with Gasteiger partial charge >= 0.3 is 0 Å². The molecule has 6 heteroatoms. The van der Waals surface area contributed by atoms with Crippen molar-refractivity contribution in [2.24, 2.45) is 0 Å². The summed E-state index contributed by atoms with van der Waals surface area (Å²) in [6, 6.07) is 5.29. The fourth-order valence-corrected chi connectivity index (χ4v) is 4.39. The summed E-state index contributed by atoms with van der Waals surface area (Å²) in [6.07, 6.45) is 2.57. The van der Waals surface area contributed by atoms with Crippen LogP contribution in [0.15, 0.2) is 18.2 Å². The molecule has 1 aromatic carbocycles. The van der Waals surface area contributed by atoms with Gasteiger partial charge in [-0.05, 0) is 44.9 Å². The van der Waals surface area contributed by atoms with E-state index in [0.29, 0.717) is 15.6 Å². The molecule has 132 valence electrons. The number of ether oxygens (including phenoxy) is 1. The Hall–Kier alpha value is -0.810. The summed E-state index contributed by atoms with van der Waals surface area (Å²) in [5.74, 6) is 0.0243. The van der Waals surface area contributed by atoms with E-state index < -0.39 is 0 Å². The Balaban J connectivity index is 1.69. The lowest BCUT2D eigenvalue weighted by atomic mass is 10.1. The van der Waals surface area contributed by atoms with Gasteiger partial charge in [0.1, 0.15) is 0 Å². The van der Waals surface area contributed by atoms with Gasteiger partial charge in [-0.15, -0.1) is 0 Å². The van der Waals surface area contributed by atoms with Crippen LogP contribution in [-0.2, 0) is 4.74 Å². The Morgan fingerprint density at radius 1 is 1.17 bits per heavy atom. The van der Waals surface area contributed by atoms with Gasteiger partial charge in [0.15, 0.2) is 0 Å². The summed E-state index contributed by atoms with van der Waals surface area (Å²) < 4.78 is 5.80. The van der Waals surface area contributed by atoms with E-state index in [1.807, 2.05) is 4.90 Å². The van der Waals surface area contributed by atoms with Crippen LogP contribution in [0, 0.1) is 0 Å². The Kier molecular flexibility index (Phi) is 5.70. The molecule has 1 aromatic rings. The zero-order chi connectivity index (χ0) is 17.3. The molecule has 1 amide bonds. The summed E-state index contributed by atoms with van der Waals surface area (Å²) in [5.41, 5.74) is 0.572. The van der Waals surface area contributed by atoms with Gasteiger partial charge in [-0.3, -0.25) is 9.69 Å². The first kappa shape index (κ1) is 18.0. The summed E-state index contributed by atoms with van der Waals surface area (Å²) in [4.78, 5) is 17.3. The van der Waals surface area contributed by atoms with Crippen molar-refractivity contribution in [3.05, 3.63) is 33.8 Å². The summed E-state index contributed by atoms with van der Waals surface area (Å²) in [5, 5.41) is 0.995. The van der Waals surface area contributed by atoms with Gasteiger partial charge in [-0.25, -0.2) is 0 Å². The maximum atomic E-state index is 12.9. The standard InChI is InChI=1S/C18H24Cl2N2O2/c1-12-9-21(10-13(2)24-12)11-17-4-3-5-22(17)18(23)14-6-15(19)8-16(20)7-14/h6-8,12-13,17H,3-5,9-11H2,1-2H3/t12-,13-,17+/m1/s1. The van der Waals surface area contributed by atoms with Crippen LogP contribution in [-0.4, -0.2) is 60.1 Å². The average molecular weight is 371 g/mol. The Morgan fingerprint density at radius 2 is 1.79 bits per heavy atom. The van der Waals surface area contributed by atoms with Crippen LogP contribution in [0.25, 0.3) is 0 Å². The quantitative estimate of drug-likeness (QED) is 0.812. The minimum absolute atomic E-state index is 0.0243. The molecule has 0 spiro atoms. The smallest absolute Gasteiger partial charge is 0.254 e. The van der Waals surface area contributed by atoms with Gasteiger partial charge in [0.05, 0.1) is 12.2 Å². The average Bonchev–Trinajstić information content (AvgIpc) is 2.92. The lowest BCUT2D eigenvalue weighted by Crippen LogP contribution is -2.50. The second-order valence-electron chi connectivity index (χ2n) is 6.93. The highest BCUT2D eigenvalue weighted by Gasteiger charge is 2.33. The number of likely N-dealkylation sites (tertiary alicyclic amines) is 1. The molecule has 3 atom stereocenters. The monoisotopic (exact) mass is 370 g/mol. The lowest BCUT2D eigenvalue weighted by molar-refractivity contribution is -0.0715. The third-order valence-corrected chi connectivity index (χ3v) is 5.15. The molecule has 2 heterocycles.